The van der Waals surface area contributed by atoms with E-state index in [1.807, 2.05) is 4.90 Å². The number of aliphatic imine (C=N–C) groups is 1. The minimum absolute atomic E-state index is 0.274. The van der Waals surface area contributed by atoms with Crippen molar-refractivity contribution in [3.8, 4) is 0 Å². The van der Waals surface area contributed by atoms with E-state index < -0.39 is 0 Å². The van der Waals surface area contributed by atoms with E-state index in [4.69, 9.17) is 0 Å². The lowest BCUT2D eigenvalue weighted by Gasteiger charge is -2.30. The van der Waals surface area contributed by atoms with Crippen molar-refractivity contribution in [2.75, 3.05) is 26.7 Å². The van der Waals surface area contributed by atoms with E-state index in [2.05, 4.69) is 72.5 Å². The highest BCUT2D eigenvalue weighted by atomic mass is 16.2. The predicted molar refractivity (Wildman–Crippen MR) is 121 cm³/mol. The Labute approximate surface area is 176 Å². The lowest BCUT2D eigenvalue weighted by atomic mass is 10.1. The smallest absolute Gasteiger partial charge is 0.222 e. The van der Waals surface area contributed by atoms with Gasteiger partial charge in [-0.1, -0.05) is 24.3 Å². The standard InChI is InChI=1S/C23H39N5O/c1-18(2)28(19(3)4)15-7-13-25-23(24-5)26-16-20-9-11-21(12-10-20)17-27-14-6-8-22(27)29/h9-12,18-19H,6-8,13-17H2,1-5H3,(H2,24,25,26). The Balaban J connectivity index is 1.71. The van der Waals surface area contributed by atoms with Crippen molar-refractivity contribution in [2.45, 2.75) is 72.1 Å². The summed E-state index contributed by atoms with van der Waals surface area (Å²) in [4.78, 5) is 20.5. The Kier molecular flexibility index (Phi) is 9.45. The summed E-state index contributed by atoms with van der Waals surface area (Å²) < 4.78 is 0. The van der Waals surface area contributed by atoms with E-state index in [-0.39, 0.29) is 5.91 Å². The third-order valence-corrected chi connectivity index (χ3v) is 5.46. The fourth-order valence-corrected chi connectivity index (χ4v) is 3.84. The molecular weight excluding hydrogens is 362 g/mol. The number of guanidine groups is 1. The van der Waals surface area contributed by atoms with E-state index in [1.165, 1.54) is 11.1 Å². The summed E-state index contributed by atoms with van der Waals surface area (Å²) in [5.74, 6) is 1.10. The second-order valence-corrected chi connectivity index (χ2v) is 8.37. The van der Waals surface area contributed by atoms with Gasteiger partial charge < -0.3 is 15.5 Å². The Morgan fingerprint density at radius 3 is 2.31 bits per heavy atom. The quantitative estimate of drug-likeness (QED) is 0.359. The molecule has 6 heteroatoms. The fraction of sp³-hybridized carbons (Fsp3) is 0.652. The van der Waals surface area contributed by atoms with Crippen LogP contribution in [0.25, 0.3) is 0 Å². The van der Waals surface area contributed by atoms with E-state index in [1.54, 1.807) is 7.05 Å². The van der Waals surface area contributed by atoms with Gasteiger partial charge in [-0.2, -0.15) is 0 Å². The molecule has 0 spiro atoms. The van der Waals surface area contributed by atoms with E-state index in [9.17, 15) is 4.79 Å². The molecule has 162 valence electrons. The summed E-state index contributed by atoms with van der Waals surface area (Å²) in [7, 11) is 1.81. The number of rotatable bonds is 10. The van der Waals surface area contributed by atoms with Gasteiger partial charge in [-0.3, -0.25) is 14.7 Å². The van der Waals surface area contributed by atoms with Crippen LogP contribution in [0.4, 0.5) is 0 Å². The molecule has 1 amide bonds. The fourth-order valence-electron chi connectivity index (χ4n) is 3.84. The highest BCUT2D eigenvalue weighted by Gasteiger charge is 2.19. The molecule has 1 aromatic rings. The molecule has 0 atom stereocenters. The van der Waals surface area contributed by atoms with Crippen LogP contribution >= 0.6 is 0 Å². The van der Waals surface area contributed by atoms with Crippen LogP contribution in [0.5, 0.6) is 0 Å². The van der Waals surface area contributed by atoms with Crippen LogP contribution in [0, 0.1) is 0 Å². The van der Waals surface area contributed by atoms with Gasteiger partial charge in [0.05, 0.1) is 0 Å². The molecule has 1 aromatic carbocycles. The maximum absolute atomic E-state index is 11.8. The van der Waals surface area contributed by atoms with E-state index in [0.717, 1.165) is 51.5 Å². The topological polar surface area (TPSA) is 60.0 Å². The molecule has 2 N–H and O–H groups in total. The van der Waals surface area contributed by atoms with Crippen molar-refractivity contribution < 1.29 is 4.79 Å². The monoisotopic (exact) mass is 401 g/mol. The summed E-state index contributed by atoms with van der Waals surface area (Å²) >= 11 is 0. The number of carbonyl (C=O) groups is 1. The van der Waals surface area contributed by atoms with Crippen LogP contribution in [-0.2, 0) is 17.9 Å². The van der Waals surface area contributed by atoms with Crippen molar-refractivity contribution in [1.82, 2.24) is 20.4 Å². The average molecular weight is 402 g/mol. The summed E-state index contributed by atoms with van der Waals surface area (Å²) in [5.41, 5.74) is 2.39. The van der Waals surface area contributed by atoms with Gasteiger partial charge >= 0.3 is 0 Å². The SMILES string of the molecule is CN=C(NCCCN(C(C)C)C(C)C)NCc1ccc(CN2CCCC2=O)cc1. The largest absolute Gasteiger partial charge is 0.356 e. The average Bonchev–Trinajstić information content (AvgIpc) is 3.09. The summed E-state index contributed by atoms with van der Waals surface area (Å²) in [6, 6.07) is 9.62. The molecule has 0 radical (unpaired) electrons. The Hall–Kier alpha value is -2.08. The molecule has 1 saturated heterocycles. The maximum Gasteiger partial charge on any atom is 0.222 e. The molecule has 0 bridgehead atoms. The first-order chi connectivity index (χ1) is 13.9. The third kappa shape index (κ3) is 7.69. The second kappa shape index (κ2) is 11.8. The van der Waals surface area contributed by atoms with Crippen LogP contribution in [0.2, 0.25) is 0 Å². The number of carbonyl (C=O) groups excluding carboxylic acids is 1. The molecule has 0 saturated carbocycles. The molecule has 6 nitrogen and oxygen atoms in total. The zero-order valence-corrected chi connectivity index (χ0v) is 18.9. The van der Waals surface area contributed by atoms with Crippen molar-refractivity contribution in [3.63, 3.8) is 0 Å². The normalized spacial score (nSPS) is 15.1. The summed E-state index contributed by atoms with van der Waals surface area (Å²) in [5, 5.41) is 6.79. The highest BCUT2D eigenvalue weighted by molar-refractivity contribution is 5.79. The van der Waals surface area contributed by atoms with Gasteiger partial charge in [-0.05, 0) is 51.7 Å². The van der Waals surface area contributed by atoms with E-state index in [0.29, 0.717) is 18.5 Å². The van der Waals surface area contributed by atoms with Crippen LogP contribution < -0.4 is 10.6 Å². The number of likely N-dealkylation sites (tertiary alicyclic amines) is 1. The number of nitrogens with one attached hydrogen (secondary N) is 2. The number of hydrogen-bond donors (Lipinski definition) is 2. The first kappa shape index (κ1) is 23.2. The minimum atomic E-state index is 0.274. The number of amides is 1. The molecule has 0 aromatic heterocycles. The van der Waals surface area contributed by atoms with E-state index >= 15 is 0 Å². The molecular formula is C23H39N5O. The number of hydrogen-bond acceptors (Lipinski definition) is 3. The Morgan fingerprint density at radius 2 is 1.76 bits per heavy atom. The first-order valence-electron chi connectivity index (χ1n) is 11.0. The van der Waals surface area contributed by atoms with Gasteiger partial charge in [0, 0.05) is 58.3 Å². The Morgan fingerprint density at radius 1 is 1.10 bits per heavy atom. The number of benzene rings is 1. The lowest BCUT2D eigenvalue weighted by Crippen LogP contribution is -2.41. The molecule has 29 heavy (non-hydrogen) atoms. The second-order valence-electron chi connectivity index (χ2n) is 8.37. The summed E-state index contributed by atoms with van der Waals surface area (Å²) in [6.07, 6.45) is 2.77. The lowest BCUT2D eigenvalue weighted by molar-refractivity contribution is -0.128. The maximum atomic E-state index is 11.8. The zero-order chi connectivity index (χ0) is 21.2. The zero-order valence-electron chi connectivity index (χ0n) is 18.9. The molecule has 0 unspecified atom stereocenters. The van der Waals surface area contributed by atoms with Crippen LogP contribution in [0.1, 0.15) is 58.1 Å². The van der Waals surface area contributed by atoms with Crippen LogP contribution in [-0.4, -0.2) is 60.4 Å². The summed E-state index contributed by atoms with van der Waals surface area (Å²) in [6.45, 7) is 13.3. The van der Waals surface area contributed by atoms with Gasteiger partial charge in [-0.15, -0.1) is 0 Å². The molecule has 1 heterocycles. The third-order valence-electron chi connectivity index (χ3n) is 5.46. The first-order valence-corrected chi connectivity index (χ1v) is 11.0. The minimum Gasteiger partial charge on any atom is -0.356 e. The molecule has 1 aliphatic heterocycles. The predicted octanol–water partition coefficient (Wildman–Crippen LogP) is 2.98. The van der Waals surface area contributed by atoms with Crippen molar-refractivity contribution in [2.24, 2.45) is 4.99 Å². The van der Waals surface area contributed by atoms with Gasteiger partial charge in [0.15, 0.2) is 5.96 Å². The molecule has 1 fully saturated rings. The van der Waals surface area contributed by atoms with Crippen molar-refractivity contribution >= 4 is 11.9 Å². The molecule has 0 aliphatic carbocycles. The Bertz CT molecular complexity index is 646. The van der Waals surface area contributed by atoms with Gasteiger partial charge in [0.25, 0.3) is 0 Å². The van der Waals surface area contributed by atoms with Gasteiger partial charge in [-0.25, -0.2) is 0 Å². The van der Waals surface area contributed by atoms with Crippen LogP contribution in [0.15, 0.2) is 29.3 Å². The molecule has 2 rings (SSSR count). The molecule has 1 aliphatic rings. The van der Waals surface area contributed by atoms with Crippen molar-refractivity contribution in [3.05, 3.63) is 35.4 Å². The van der Waals surface area contributed by atoms with Crippen LogP contribution in [0.3, 0.4) is 0 Å². The number of nitrogens with zero attached hydrogens (tertiary/aromatic N) is 3. The highest BCUT2D eigenvalue weighted by Crippen LogP contribution is 2.14. The van der Waals surface area contributed by atoms with Gasteiger partial charge in [0.1, 0.15) is 0 Å². The van der Waals surface area contributed by atoms with Gasteiger partial charge in [0.2, 0.25) is 5.91 Å². The van der Waals surface area contributed by atoms with Crippen molar-refractivity contribution in [1.29, 1.82) is 0 Å².